The number of amides is 1. The number of carbonyl (C=O) groups is 2. The second-order valence-corrected chi connectivity index (χ2v) is 12.1. The fraction of sp³-hybridized carbons (Fsp3) is 0.579. The number of benzene rings is 1. The van der Waals surface area contributed by atoms with Crippen molar-refractivity contribution < 1.29 is 35.9 Å². The second-order valence-electron chi connectivity index (χ2n) is 8.02. The molecule has 1 atom stereocenters. The summed E-state index contributed by atoms with van der Waals surface area (Å²) >= 11 is 0. The van der Waals surface area contributed by atoms with Crippen molar-refractivity contribution in [3.63, 3.8) is 0 Å². The van der Waals surface area contributed by atoms with Gasteiger partial charge >= 0.3 is 5.97 Å². The van der Waals surface area contributed by atoms with Gasteiger partial charge in [-0.15, -0.1) is 0 Å². The molecule has 12 heteroatoms. The average Bonchev–Trinajstić information content (AvgIpc) is 2.99. The zero-order chi connectivity index (χ0) is 22.9. The summed E-state index contributed by atoms with van der Waals surface area (Å²) < 4.78 is 60.7. The number of nitrogens with one attached hydrogen (secondary N) is 1. The van der Waals surface area contributed by atoms with E-state index >= 15 is 0 Å². The van der Waals surface area contributed by atoms with Crippen LogP contribution in [0.1, 0.15) is 29.3 Å². The van der Waals surface area contributed by atoms with Gasteiger partial charge in [-0.2, -0.15) is 4.31 Å². The lowest BCUT2D eigenvalue weighted by atomic mass is 10.0. The minimum absolute atomic E-state index is 0.000102. The Bertz CT molecular complexity index is 1080. The normalized spacial score (nSPS) is 23.9. The fourth-order valence-corrected chi connectivity index (χ4v) is 7.38. The molecule has 0 aromatic heterocycles. The summed E-state index contributed by atoms with van der Waals surface area (Å²) in [5.74, 6) is -1.65. The molecule has 0 spiro atoms. The van der Waals surface area contributed by atoms with Crippen LogP contribution in [0.15, 0.2) is 23.1 Å². The van der Waals surface area contributed by atoms with Crippen LogP contribution in [0, 0.1) is 6.92 Å². The summed E-state index contributed by atoms with van der Waals surface area (Å²) in [5, 5.41) is 2.60. The Balaban J connectivity index is 1.66. The van der Waals surface area contributed by atoms with Gasteiger partial charge in [0.05, 0.1) is 40.7 Å². The Morgan fingerprint density at radius 3 is 2.55 bits per heavy atom. The van der Waals surface area contributed by atoms with Crippen LogP contribution < -0.4 is 5.32 Å². The van der Waals surface area contributed by atoms with E-state index < -0.39 is 43.9 Å². The predicted octanol–water partition coefficient (Wildman–Crippen LogP) is -0.134. The summed E-state index contributed by atoms with van der Waals surface area (Å²) in [5.41, 5.74) is -0.415. The van der Waals surface area contributed by atoms with Crippen LogP contribution in [0.3, 0.4) is 0 Å². The van der Waals surface area contributed by atoms with Crippen molar-refractivity contribution in [1.29, 1.82) is 0 Å². The quantitative estimate of drug-likeness (QED) is 0.563. The lowest BCUT2D eigenvalue weighted by Crippen LogP contribution is -2.48. The van der Waals surface area contributed by atoms with E-state index in [0.29, 0.717) is 18.8 Å². The number of hydrogen-bond acceptors (Lipinski definition) is 8. The molecular formula is C19H26N2O8S2. The highest BCUT2D eigenvalue weighted by molar-refractivity contribution is 7.91. The lowest BCUT2D eigenvalue weighted by molar-refractivity contribution is -0.125. The van der Waals surface area contributed by atoms with Gasteiger partial charge in [-0.1, -0.05) is 6.07 Å². The molecule has 0 radical (unpaired) electrons. The molecule has 1 N–H and O–H groups in total. The number of rotatable bonds is 6. The number of hydrogen-bond donors (Lipinski definition) is 1. The number of ether oxygens (including phenoxy) is 2. The Labute approximate surface area is 181 Å². The molecule has 1 amide bonds. The molecular weight excluding hydrogens is 448 g/mol. The number of aryl methyl sites for hydroxylation is 1. The van der Waals surface area contributed by atoms with Crippen molar-refractivity contribution in [2.45, 2.75) is 30.7 Å². The number of carbonyl (C=O) groups excluding carboxylic acids is 2. The van der Waals surface area contributed by atoms with Gasteiger partial charge in [0.15, 0.2) is 16.4 Å². The standard InChI is InChI=1S/C19H26N2O8S2/c1-14-3-4-15(11-16(14)31(26,27)21-6-8-28-9-7-21)18(23)29-12-17(22)20-19(2)5-10-30(24,25)13-19/h3-4,11H,5-10,12-13H2,1-2H3,(H,20,22). The fourth-order valence-electron chi connectivity index (χ4n) is 3.63. The van der Waals surface area contributed by atoms with Gasteiger partial charge in [-0.05, 0) is 38.0 Å². The highest BCUT2D eigenvalue weighted by Crippen LogP contribution is 2.24. The smallest absolute Gasteiger partial charge is 0.338 e. The number of esters is 1. The molecule has 0 aliphatic carbocycles. The Hall–Kier alpha value is -2.02. The molecule has 2 heterocycles. The van der Waals surface area contributed by atoms with Crippen molar-refractivity contribution in [2.24, 2.45) is 0 Å². The zero-order valence-electron chi connectivity index (χ0n) is 17.4. The first-order chi connectivity index (χ1) is 14.4. The highest BCUT2D eigenvalue weighted by Gasteiger charge is 2.39. The van der Waals surface area contributed by atoms with E-state index in [1.807, 2.05) is 0 Å². The van der Waals surface area contributed by atoms with Gasteiger partial charge in [-0.25, -0.2) is 21.6 Å². The molecule has 2 aliphatic rings. The molecule has 3 rings (SSSR count). The van der Waals surface area contributed by atoms with Crippen molar-refractivity contribution in [3.05, 3.63) is 29.3 Å². The third-order valence-corrected chi connectivity index (χ3v) is 9.23. The molecule has 2 fully saturated rings. The van der Waals surface area contributed by atoms with Crippen LogP contribution in [0.5, 0.6) is 0 Å². The maximum absolute atomic E-state index is 12.9. The van der Waals surface area contributed by atoms with E-state index in [9.17, 15) is 26.4 Å². The molecule has 0 bridgehead atoms. The van der Waals surface area contributed by atoms with Crippen LogP contribution in [0.25, 0.3) is 0 Å². The highest BCUT2D eigenvalue weighted by atomic mass is 32.2. The van der Waals surface area contributed by atoms with Crippen molar-refractivity contribution in [2.75, 3.05) is 44.4 Å². The van der Waals surface area contributed by atoms with E-state index in [1.54, 1.807) is 13.8 Å². The van der Waals surface area contributed by atoms with Gasteiger partial charge in [0, 0.05) is 13.1 Å². The molecule has 0 saturated carbocycles. The first kappa shape index (κ1) is 23.6. The predicted molar refractivity (Wildman–Crippen MR) is 111 cm³/mol. The molecule has 1 aromatic carbocycles. The Kier molecular flexibility index (Phi) is 6.75. The maximum atomic E-state index is 12.9. The van der Waals surface area contributed by atoms with Gasteiger partial charge in [0.2, 0.25) is 10.0 Å². The van der Waals surface area contributed by atoms with E-state index in [1.165, 1.54) is 22.5 Å². The van der Waals surface area contributed by atoms with E-state index in [4.69, 9.17) is 9.47 Å². The Morgan fingerprint density at radius 2 is 1.94 bits per heavy atom. The molecule has 31 heavy (non-hydrogen) atoms. The van der Waals surface area contributed by atoms with Crippen LogP contribution in [0.2, 0.25) is 0 Å². The molecule has 2 saturated heterocycles. The third-order valence-electron chi connectivity index (χ3n) is 5.29. The average molecular weight is 475 g/mol. The van der Waals surface area contributed by atoms with Crippen LogP contribution >= 0.6 is 0 Å². The molecule has 1 unspecified atom stereocenters. The van der Waals surface area contributed by atoms with Gasteiger partial charge in [0.25, 0.3) is 5.91 Å². The van der Waals surface area contributed by atoms with Gasteiger partial charge in [-0.3, -0.25) is 4.79 Å². The maximum Gasteiger partial charge on any atom is 0.338 e. The first-order valence-corrected chi connectivity index (χ1v) is 13.1. The van der Waals surface area contributed by atoms with Gasteiger partial charge < -0.3 is 14.8 Å². The number of sulfone groups is 1. The number of morpholine rings is 1. The van der Waals surface area contributed by atoms with E-state index in [0.717, 1.165) is 0 Å². The minimum Gasteiger partial charge on any atom is -0.452 e. The number of sulfonamides is 1. The summed E-state index contributed by atoms with van der Waals surface area (Å²) in [4.78, 5) is 24.5. The minimum atomic E-state index is -3.81. The summed E-state index contributed by atoms with van der Waals surface area (Å²) in [6.07, 6.45) is 0.287. The largest absolute Gasteiger partial charge is 0.452 e. The number of nitrogens with zero attached hydrogens (tertiary/aromatic N) is 1. The Morgan fingerprint density at radius 1 is 1.26 bits per heavy atom. The van der Waals surface area contributed by atoms with Crippen molar-refractivity contribution in [3.8, 4) is 0 Å². The van der Waals surface area contributed by atoms with Gasteiger partial charge in [0.1, 0.15) is 0 Å². The zero-order valence-corrected chi connectivity index (χ0v) is 19.1. The van der Waals surface area contributed by atoms with Crippen molar-refractivity contribution in [1.82, 2.24) is 9.62 Å². The first-order valence-electron chi connectivity index (χ1n) is 9.79. The van der Waals surface area contributed by atoms with Crippen LogP contribution in [0.4, 0.5) is 0 Å². The summed E-state index contributed by atoms with van der Waals surface area (Å²) in [7, 11) is -7.00. The monoisotopic (exact) mass is 474 g/mol. The SMILES string of the molecule is Cc1ccc(C(=O)OCC(=O)NC2(C)CCS(=O)(=O)C2)cc1S(=O)(=O)N1CCOCC1. The lowest BCUT2D eigenvalue weighted by Gasteiger charge is -2.26. The topological polar surface area (TPSA) is 136 Å². The summed E-state index contributed by atoms with van der Waals surface area (Å²) in [6.45, 7) is 3.71. The van der Waals surface area contributed by atoms with Crippen LogP contribution in [-0.4, -0.2) is 83.0 Å². The molecule has 10 nitrogen and oxygen atoms in total. The third kappa shape index (κ3) is 5.62. The van der Waals surface area contributed by atoms with Crippen molar-refractivity contribution >= 4 is 31.7 Å². The molecule has 2 aliphatic heterocycles. The van der Waals surface area contributed by atoms with Crippen LogP contribution in [-0.2, 0) is 34.1 Å². The second kappa shape index (κ2) is 8.85. The molecule has 1 aromatic rings. The van der Waals surface area contributed by atoms with E-state index in [2.05, 4.69) is 5.32 Å². The molecule has 172 valence electrons. The van der Waals surface area contributed by atoms with E-state index in [-0.39, 0.29) is 41.5 Å². The summed E-state index contributed by atoms with van der Waals surface area (Å²) in [6, 6.07) is 4.18.